The Morgan fingerprint density at radius 3 is 2.52 bits per heavy atom. The summed E-state index contributed by atoms with van der Waals surface area (Å²) < 4.78 is 5.72. The first kappa shape index (κ1) is 15.9. The second-order valence-corrected chi connectivity index (χ2v) is 6.77. The Morgan fingerprint density at radius 1 is 1.08 bits per heavy atom. The predicted octanol–water partition coefficient (Wildman–Crippen LogP) is 3.87. The third kappa shape index (κ3) is 2.83. The molecule has 2 aromatic carbocycles. The summed E-state index contributed by atoms with van der Waals surface area (Å²) in [5.74, 6) is 0.766. The number of carbonyl (C=O) groups is 1. The molecule has 4 rings (SSSR count). The number of rotatable bonds is 2. The summed E-state index contributed by atoms with van der Waals surface area (Å²) in [7, 11) is 0. The first-order chi connectivity index (χ1) is 12.1. The van der Waals surface area contributed by atoms with Crippen molar-refractivity contribution in [2.45, 2.75) is 25.4 Å². The van der Waals surface area contributed by atoms with Gasteiger partial charge in [-0.05, 0) is 37.5 Å². The van der Waals surface area contributed by atoms with Crippen LogP contribution in [0.5, 0.6) is 0 Å². The van der Waals surface area contributed by atoms with Crippen LogP contribution in [0.25, 0.3) is 11.0 Å². The number of para-hydroxylation sites is 1. The minimum atomic E-state index is -0.856. The summed E-state index contributed by atoms with van der Waals surface area (Å²) in [5.41, 5.74) is 1.31. The standard InChI is InChI=1S/C21H21NO3/c1-15-14-16-6-5-9-18(19(16)25-15)20(23)22-12-10-21(24,11-13-22)17-7-3-2-4-8-17/h2-9,14,24H,10-13H2,1H3. The van der Waals surface area contributed by atoms with Gasteiger partial charge in [-0.2, -0.15) is 0 Å². The number of amides is 1. The molecular formula is C21H21NO3. The van der Waals surface area contributed by atoms with Gasteiger partial charge in [0.05, 0.1) is 11.2 Å². The zero-order valence-corrected chi connectivity index (χ0v) is 14.2. The lowest BCUT2D eigenvalue weighted by Crippen LogP contribution is -2.45. The van der Waals surface area contributed by atoms with E-state index in [0.29, 0.717) is 37.1 Å². The van der Waals surface area contributed by atoms with Crippen molar-refractivity contribution in [3.8, 4) is 0 Å². The van der Waals surface area contributed by atoms with Gasteiger partial charge in [0.1, 0.15) is 11.3 Å². The molecular weight excluding hydrogens is 314 g/mol. The van der Waals surface area contributed by atoms with Crippen LogP contribution in [0.4, 0.5) is 0 Å². The number of piperidine rings is 1. The molecule has 0 radical (unpaired) electrons. The second kappa shape index (κ2) is 6.05. The minimum absolute atomic E-state index is 0.0324. The highest BCUT2D eigenvalue weighted by atomic mass is 16.3. The highest BCUT2D eigenvalue weighted by Gasteiger charge is 2.35. The Hall–Kier alpha value is -2.59. The van der Waals surface area contributed by atoms with Crippen LogP contribution in [0, 0.1) is 6.92 Å². The summed E-state index contributed by atoms with van der Waals surface area (Å²) in [6.07, 6.45) is 1.08. The monoisotopic (exact) mass is 335 g/mol. The molecule has 1 fully saturated rings. The Kier molecular flexibility index (Phi) is 3.85. The number of fused-ring (bicyclic) bond motifs is 1. The highest BCUT2D eigenvalue weighted by Crippen LogP contribution is 2.33. The van der Waals surface area contributed by atoms with Crippen LogP contribution in [0.3, 0.4) is 0 Å². The topological polar surface area (TPSA) is 53.7 Å². The van der Waals surface area contributed by atoms with Gasteiger partial charge in [0.2, 0.25) is 0 Å². The Bertz CT molecular complexity index is 905. The molecule has 1 N–H and O–H groups in total. The molecule has 1 saturated heterocycles. The molecule has 1 amide bonds. The van der Waals surface area contributed by atoms with Gasteiger partial charge in [-0.3, -0.25) is 4.79 Å². The molecule has 3 aromatic rings. The summed E-state index contributed by atoms with van der Waals surface area (Å²) in [5, 5.41) is 11.9. The molecule has 2 heterocycles. The van der Waals surface area contributed by atoms with Crippen LogP contribution in [-0.4, -0.2) is 29.0 Å². The van der Waals surface area contributed by atoms with Gasteiger partial charge >= 0.3 is 0 Å². The van der Waals surface area contributed by atoms with Gasteiger partial charge < -0.3 is 14.4 Å². The fourth-order valence-electron chi connectivity index (χ4n) is 3.65. The van der Waals surface area contributed by atoms with Gasteiger partial charge in [0.15, 0.2) is 0 Å². The average Bonchev–Trinajstić information content (AvgIpc) is 3.02. The van der Waals surface area contributed by atoms with Gasteiger partial charge in [-0.15, -0.1) is 0 Å². The van der Waals surface area contributed by atoms with Gasteiger partial charge in [-0.25, -0.2) is 0 Å². The summed E-state index contributed by atoms with van der Waals surface area (Å²) in [6, 6.07) is 17.3. The first-order valence-electron chi connectivity index (χ1n) is 8.63. The van der Waals surface area contributed by atoms with Crippen molar-refractivity contribution in [3.63, 3.8) is 0 Å². The number of likely N-dealkylation sites (tertiary alicyclic amines) is 1. The van der Waals surface area contributed by atoms with Crippen molar-refractivity contribution >= 4 is 16.9 Å². The molecule has 0 aliphatic carbocycles. The first-order valence-corrected chi connectivity index (χ1v) is 8.63. The zero-order chi connectivity index (χ0) is 17.4. The van der Waals surface area contributed by atoms with Crippen molar-refractivity contribution < 1.29 is 14.3 Å². The molecule has 1 aliphatic rings. The predicted molar refractivity (Wildman–Crippen MR) is 96.4 cm³/mol. The van der Waals surface area contributed by atoms with E-state index in [2.05, 4.69) is 0 Å². The maximum Gasteiger partial charge on any atom is 0.257 e. The number of carbonyl (C=O) groups excluding carboxylic acids is 1. The van der Waals surface area contributed by atoms with E-state index in [4.69, 9.17) is 4.42 Å². The Labute approximate surface area is 146 Å². The fourth-order valence-corrected chi connectivity index (χ4v) is 3.65. The zero-order valence-electron chi connectivity index (χ0n) is 14.2. The highest BCUT2D eigenvalue weighted by molar-refractivity contribution is 6.05. The number of nitrogens with zero attached hydrogens (tertiary/aromatic N) is 1. The molecule has 128 valence electrons. The Morgan fingerprint density at radius 2 is 1.80 bits per heavy atom. The second-order valence-electron chi connectivity index (χ2n) is 6.77. The van der Waals surface area contributed by atoms with Crippen molar-refractivity contribution in [1.82, 2.24) is 4.90 Å². The molecule has 4 heteroatoms. The maximum atomic E-state index is 13.0. The van der Waals surface area contributed by atoms with E-state index >= 15 is 0 Å². The average molecular weight is 335 g/mol. The lowest BCUT2D eigenvalue weighted by molar-refractivity contribution is -0.0211. The number of furan rings is 1. The molecule has 1 aliphatic heterocycles. The van der Waals surface area contributed by atoms with E-state index in [1.165, 1.54) is 0 Å². The van der Waals surface area contributed by atoms with Crippen LogP contribution in [-0.2, 0) is 5.60 Å². The number of aryl methyl sites for hydroxylation is 1. The van der Waals surface area contributed by atoms with Crippen molar-refractivity contribution in [3.05, 3.63) is 71.5 Å². The summed E-state index contributed by atoms with van der Waals surface area (Å²) in [6.45, 7) is 2.94. The third-order valence-corrected chi connectivity index (χ3v) is 5.09. The summed E-state index contributed by atoms with van der Waals surface area (Å²) in [4.78, 5) is 14.8. The SMILES string of the molecule is Cc1cc2cccc(C(=O)N3CCC(O)(c4ccccc4)CC3)c2o1. The number of aliphatic hydroxyl groups is 1. The van der Waals surface area contributed by atoms with Gasteiger partial charge in [0.25, 0.3) is 5.91 Å². The van der Waals surface area contributed by atoms with E-state index in [1.807, 2.05) is 66.4 Å². The largest absolute Gasteiger partial charge is 0.461 e. The fraction of sp³-hybridized carbons (Fsp3) is 0.286. The molecule has 0 spiro atoms. The van der Waals surface area contributed by atoms with Crippen molar-refractivity contribution in [2.75, 3.05) is 13.1 Å². The minimum Gasteiger partial charge on any atom is -0.461 e. The van der Waals surface area contributed by atoms with E-state index in [9.17, 15) is 9.90 Å². The Balaban J connectivity index is 1.55. The molecule has 25 heavy (non-hydrogen) atoms. The molecule has 1 aromatic heterocycles. The van der Waals surface area contributed by atoms with Crippen LogP contribution in [0.15, 0.2) is 59.0 Å². The lowest BCUT2D eigenvalue weighted by atomic mass is 9.84. The van der Waals surface area contributed by atoms with Crippen LogP contribution in [0.1, 0.15) is 34.5 Å². The smallest absolute Gasteiger partial charge is 0.257 e. The molecule has 0 atom stereocenters. The van der Waals surface area contributed by atoms with Gasteiger partial charge in [-0.1, -0.05) is 42.5 Å². The van der Waals surface area contributed by atoms with E-state index < -0.39 is 5.60 Å². The quantitative estimate of drug-likeness (QED) is 0.773. The molecule has 4 nitrogen and oxygen atoms in total. The number of hydrogen-bond donors (Lipinski definition) is 1. The van der Waals surface area contributed by atoms with Gasteiger partial charge in [0, 0.05) is 18.5 Å². The van der Waals surface area contributed by atoms with Crippen LogP contribution >= 0.6 is 0 Å². The number of benzene rings is 2. The molecule has 0 bridgehead atoms. The van der Waals surface area contributed by atoms with Crippen molar-refractivity contribution in [1.29, 1.82) is 0 Å². The maximum absolute atomic E-state index is 13.0. The molecule has 0 unspecified atom stereocenters. The summed E-state index contributed by atoms with van der Waals surface area (Å²) >= 11 is 0. The van der Waals surface area contributed by atoms with Crippen LogP contribution in [0.2, 0.25) is 0 Å². The molecule has 0 saturated carbocycles. The van der Waals surface area contributed by atoms with E-state index in [0.717, 1.165) is 16.7 Å². The number of hydrogen-bond acceptors (Lipinski definition) is 3. The van der Waals surface area contributed by atoms with E-state index in [-0.39, 0.29) is 5.91 Å². The van der Waals surface area contributed by atoms with Crippen molar-refractivity contribution in [2.24, 2.45) is 0 Å². The van der Waals surface area contributed by atoms with E-state index in [1.54, 1.807) is 0 Å². The lowest BCUT2D eigenvalue weighted by Gasteiger charge is -2.38. The van der Waals surface area contributed by atoms with Crippen LogP contribution < -0.4 is 0 Å². The third-order valence-electron chi connectivity index (χ3n) is 5.09. The normalized spacial score (nSPS) is 17.0.